The molecule has 0 saturated carbocycles. The molecule has 45 heavy (non-hydrogen) atoms. The molecule has 1 aromatic carbocycles. The topological polar surface area (TPSA) is 133 Å². The van der Waals surface area contributed by atoms with E-state index in [9.17, 15) is 9.90 Å². The van der Waals surface area contributed by atoms with E-state index >= 15 is 4.39 Å². The molecule has 0 spiro atoms. The van der Waals surface area contributed by atoms with Crippen LogP contribution in [0.25, 0.3) is 22.5 Å². The number of benzene rings is 1. The summed E-state index contributed by atoms with van der Waals surface area (Å²) >= 11 is 6.97. The van der Waals surface area contributed by atoms with E-state index in [1.807, 2.05) is 43.3 Å². The van der Waals surface area contributed by atoms with E-state index in [0.717, 1.165) is 23.1 Å². The molecule has 0 aliphatic carbocycles. The van der Waals surface area contributed by atoms with Gasteiger partial charge in [0, 0.05) is 79.0 Å². The third-order valence-corrected chi connectivity index (χ3v) is 8.04. The largest absolute Gasteiger partial charge is 0.481 e. The minimum atomic E-state index is -0.532. The first-order valence-corrected chi connectivity index (χ1v) is 15.2. The summed E-state index contributed by atoms with van der Waals surface area (Å²) in [6.07, 6.45) is 4.08. The molecule has 2 atom stereocenters. The van der Waals surface area contributed by atoms with Crippen LogP contribution in [0.4, 0.5) is 15.9 Å². The predicted molar refractivity (Wildman–Crippen MR) is 173 cm³/mol. The number of hydrogen-bond donors (Lipinski definition) is 5. The first-order valence-electron chi connectivity index (χ1n) is 14.8. The molecule has 4 aromatic rings. The number of carbonyl (C=O) groups is 1. The summed E-state index contributed by atoms with van der Waals surface area (Å²) in [5, 5.41) is 22.4. The normalized spacial score (nSPS) is 15.2. The number of carbonyl (C=O) groups excluding carboxylic acids is 1. The van der Waals surface area contributed by atoms with Gasteiger partial charge in [-0.15, -0.1) is 0 Å². The van der Waals surface area contributed by atoms with E-state index in [-0.39, 0.29) is 24.3 Å². The molecular weight excluding hydrogens is 597 g/mol. The van der Waals surface area contributed by atoms with Crippen molar-refractivity contribution in [1.29, 1.82) is 0 Å². The Balaban J connectivity index is 1.36. The number of nitrogens with zero attached hydrogens (tertiary/aromatic N) is 3. The summed E-state index contributed by atoms with van der Waals surface area (Å²) < 4.78 is 20.9. The number of hydrogen-bond acceptors (Lipinski definition) is 9. The number of ether oxygens (including phenoxy) is 1. The lowest BCUT2D eigenvalue weighted by Crippen LogP contribution is -2.35. The van der Waals surface area contributed by atoms with Crippen LogP contribution in [-0.4, -0.2) is 58.3 Å². The highest BCUT2D eigenvalue weighted by molar-refractivity contribution is 6.35. The lowest BCUT2D eigenvalue weighted by molar-refractivity contribution is -0.119. The molecule has 10 nitrogen and oxygen atoms in total. The van der Waals surface area contributed by atoms with Gasteiger partial charge >= 0.3 is 0 Å². The number of pyridine rings is 3. The smallest absolute Gasteiger partial charge is 0.220 e. The van der Waals surface area contributed by atoms with Crippen LogP contribution < -0.4 is 26.0 Å². The Kier molecular flexibility index (Phi) is 10.6. The van der Waals surface area contributed by atoms with Crippen LogP contribution in [-0.2, 0) is 17.9 Å². The third kappa shape index (κ3) is 7.74. The molecule has 5 rings (SSSR count). The number of anilines is 2. The lowest BCUT2D eigenvalue weighted by atomic mass is 10.0. The summed E-state index contributed by atoms with van der Waals surface area (Å²) in [6.45, 7) is 5.39. The molecule has 1 fully saturated rings. The van der Waals surface area contributed by atoms with Crippen molar-refractivity contribution >= 4 is 29.0 Å². The summed E-state index contributed by atoms with van der Waals surface area (Å²) in [7, 11) is 1.58. The second-order valence-electron chi connectivity index (χ2n) is 11.0. The van der Waals surface area contributed by atoms with Crippen molar-refractivity contribution < 1.29 is 19.0 Å². The third-order valence-electron chi connectivity index (χ3n) is 7.66. The highest BCUT2D eigenvalue weighted by Crippen LogP contribution is 2.38. The molecule has 5 N–H and O–H groups in total. The van der Waals surface area contributed by atoms with Gasteiger partial charge in [0.2, 0.25) is 11.8 Å². The van der Waals surface area contributed by atoms with Crippen LogP contribution in [0.5, 0.6) is 5.88 Å². The zero-order valence-electron chi connectivity index (χ0n) is 25.5. The van der Waals surface area contributed by atoms with Crippen LogP contribution in [0.3, 0.4) is 0 Å². The van der Waals surface area contributed by atoms with Crippen LogP contribution in [0.2, 0.25) is 5.02 Å². The maximum atomic E-state index is 15.3. The van der Waals surface area contributed by atoms with Gasteiger partial charge in [0.25, 0.3) is 0 Å². The Hall–Kier alpha value is -4.16. The maximum Gasteiger partial charge on any atom is 0.220 e. The molecule has 2 unspecified atom stereocenters. The first-order chi connectivity index (χ1) is 21.7. The van der Waals surface area contributed by atoms with E-state index in [0.29, 0.717) is 65.2 Å². The zero-order valence-corrected chi connectivity index (χ0v) is 26.2. The van der Waals surface area contributed by atoms with Gasteiger partial charge in [-0.3, -0.25) is 9.78 Å². The Morgan fingerprint density at radius 1 is 1.09 bits per heavy atom. The van der Waals surface area contributed by atoms with Crippen molar-refractivity contribution in [1.82, 2.24) is 30.9 Å². The second-order valence-corrected chi connectivity index (χ2v) is 11.4. The van der Waals surface area contributed by atoms with E-state index in [1.54, 1.807) is 32.5 Å². The van der Waals surface area contributed by atoms with Crippen molar-refractivity contribution in [2.45, 2.75) is 51.9 Å². The average molecular weight is 634 g/mol. The number of nitrogens with one attached hydrogen (secondary N) is 4. The van der Waals surface area contributed by atoms with E-state index < -0.39 is 11.9 Å². The zero-order chi connectivity index (χ0) is 31.9. The Labute approximate surface area is 266 Å². The summed E-state index contributed by atoms with van der Waals surface area (Å²) in [6, 6.07) is 13.0. The van der Waals surface area contributed by atoms with Gasteiger partial charge < -0.3 is 31.1 Å². The van der Waals surface area contributed by atoms with Crippen LogP contribution in [0.15, 0.2) is 54.9 Å². The van der Waals surface area contributed by atoms with Crippen molar-refractivity contribution in [3.05, 3.63) is 82.4 Å². The van der Waals surface area contributed by atoms with E-state index in [4.69, 9.17) is 21.3 Å². The standard InChI is InChI=1S/C33H37ClFN7O3/c1-19(43)15-36-16-21-11-13-39-32(30(21)35)41-26-6-4-5-24(20(26)2)31-29(34)25(12-14-38-31)27-9-7-22(33(42-27)45-3)17-37-18-23-8-10-28(44)40-23/h4-7,9,11-14,19,23,36-37,43H,8,10,15-18H2,1-3H3,(H,39,41)(H,40,44). The lowest BCUT2D eigenvalue weighted by Gasteiger charge is -2.16. The molecule has 1 aliphatic heterocycles. The monoisotopic (exact) mass is 633 g/mol. The number of aromatic nitrogens is 3. The minimum absolute atomic E-state index is 0.0895. The molecule has 1 amide bonds. The fourth-order valence-electron chi connectivity index (χ4n) is 5.25. The van der Waals surface area contributed by atoms with Crippen molar-refractivity contribution in [2.75, 3.05) is 25.5 Å². The summed E-state index contributed by atoms with van der Waals surface area (Å²) in [5.74, 6) is 0.192. The minimum Gasteiger partial charge on any atom is -0.481 e. The number of halogens is 2. The van der Waals surface area contributed by atoms with Crippen LogP contribution in [0, 0.1) is 12.7 Å². The number of amides is 1. The quantitative estimate of drug-likeness (QED) is 0.139. The SMILES string of the molecule is COc1nc(-c2ccnc(-c3cccc(Nc4nccc(CNCC(C)O)c4F)c3C)c2Cl)ccc1CNCC1CCC(=O)N1. The Bertz CT molecular complexity index is 1670. The molecule has 1 saturated heterocycles. The average Bonchev–Trinajstić information content (AvgIpc) is 3.45. The van der Waals surface area contributed by atoms with Crippen molar-refractivity contribution in [2.24, 2.45) is 0 Å². The number of methoxy groups -OCH3 is 1. The Morgan fingerprint density at radius 2 is 1.89 bits per heavy atom. The van der Waals surface area contributed by atoms with Gasteiger partial charge in [-0.2, -0.15) is 0 Å². The number of aliphatic hydroxyl groups is 1. The molecule has 3 aromatic heterocycles. The second kappa shape index (κ2) is 14.7. The highest BCUT2D eigenvalue weighted by atomic mass is 35.5. The molecule has 0 bridgehead atoms. The fourth-order valence-corrected chi connectivity index (χ4v) is 5.56. The molecule has 4 heterocycles. The van der Waals surface area contributed by atoms with Gasteiger partial charge in [0.15, 0.2) is 11.6 Å². The van der Waals surface area contributed by atoms with Gasteiger partial charge in [-0.1, -0.05) is 29.8 Å². The predicted octanol–water partition coefficient (Wildman–Crippen LogP) is 4.90. The molecular formula is C33H37ClFN7O3. The van der Waals surface area contributed by atoms with Gasteiger partial charge in [-0.25, -0.2) is 14.4 Å². The Morgan fingerprint density at radius 3 is 2.64 bits per heavy atom. The molecule has 1 aliphatic rings. The van der Waals surface area contributed by atoms with Crippen LogP contribution >= 0.6 is 11.6 Å². The van der Waals surface area contributed by atoms with E-state index in [2.05, 4.69) is 31.2 Å². The van der Waals surface area contributed by atoms with E-state index in [1.165, 1.54) is 0 Å². The number of aliphatic hydroxyl groups excluding tert-OH is 1. The van der Waals surface area contributed by atoms with Gasteiger partial charge in [0.1, 0.15) is 0 Å². The van der Waals surface area contributed by atoms with Gasteiger partial charge in [0.05, 0.1) is 29.6 Å². The molecule has 236 valence electrons. The van der Waals surface area contributed by atoms with Crippen molar-refractivity contribution in [3.63, 3.8) is 0 Å². The summed E-state index contributed by atoms with van der Waals surface area (Å²) in [5.41, 5.74) is 5.44. The summed E-state index contributed by atoms with van der Waals surface area (Å²) in [4.78, 5) is 25.0. The molecule has 0 radical (unpaired) electrons. The van der Waals surface area contributed by atoms with Crippen LogP contribution in [0.1, 0.15) is 36.5 Å². The maximum absolute atomic E-state index is 15.3. The van der Waals surface area contributed by atoms with Crippen molar-refractivity contribution in [3.8, 4) is 28.4 Å². The first kappa shape index (κ1) is 32.2. The highest BCUT2D eigenvalue weighted by Gasteiger charge is 2.21. The number of rotatable bonds is 13. The molecule has 12 heteroatoms. The fraction of sp³-hybridized carbons (Fsp3) is 0.333. The van der Waals surface area contributed by atoms with Gasteiger partial charge in [-0.05, 0) is 50.1 Å².